The zero-order valence-corrected chi connectivity index (χ0v) is 12.5. The van der Waals surface area contributed by atoms with Gasteiger partial charge >= 0.3 is 0 Å². The highest BCUT2D eigenvalue weighted by Gasteiger charge is 2.10. The number of oxazole rings is 1. The molecule has 4 nitrogen and oxygen atoms in total. The number of aryl methyl sites for hydroxylation is 1. The predicted octanol–water partition coefficient (Wildman–Crippen LogP) is 3.63. The molecule has 0 unspecified atom stereocenters. The van der Waals surface area contributed by atoms with Gasteiger partial charge < -0.3 is 8.98 Å². The molecule has 0 N–H and O–H groups in total. The molecule has 4 rings (SSSR count). The molecule has 23 heavy (non-hydrogen) atoms. The van der Waals surface area contributed by atoms with Crippen molar-refractivity contribution in [1.29, 1.82) is 0 Å². The molecule has 4 heteroatoms. The Kier molecular flexibility index (Phi) is 3.17. The third kappa shape index (κ3) is 2.49. The molecule has 0 spiro atoms. The standard InChI is InChI=1S/C19H13N3O/c1-22-13-20-12-15(22)11-10-14-6-2-3-7-16(14)19-21-17-8-4-5-9-18(17)23-19/h2-9,12-13H,1H3. The van der Waals surface area contributed by atoms with Gasteiger partial charge in [-0.05, 0) is 30.2 Å². The minimum absolute atomic E-state index is 0.584. The Labute approximate surface area is 133 Å². The third-order valence-corrected chi connectivity index (χ3v) is 3.59. The summed E-state index contributed by atoms with van der Waals surface area (Å²) in [5.74, 6) is 6.91. The van der Waals surface area contributed by atoms with Gasteiger partial charge in [0, 0.05) is 12.6 Å². The van der Waals surface area contributed by atoms with E-state index in [1.54, 1.807) is 12.5 Å². The van der Waals surface area contributed by atoms with Crippen LogP contribution in [0.1, 0.15) is 11.3 Å². The van der Waals surface area contributed by atoms with Crippen molar-refractivity contribution in [2.45, 2.75) is 0 Å². The first-order chi connectivity index (χ1) is 11.3. The van der Waals surface area contributed by atoms with E-state index in [-0.39, 0.29) is 0 Å². The van der Waals surface area contributed by atoms with Gasteiger partial charge in [-0.15, -0.1) is 0 Å². The highest BCUT2D eigenvalue weighted by atomic mass is 16.3. The minimum atomic E-state index is 0.584. The molecule has 0 aliphatic rings. The van der Waals surface area contributed by atoms with Crippen molar-refractivity contribution in [1.82, 2.24) is 14.5 Å². The fourth-order valence-electron chi connectivity index (χ4n) is 2.38. The van der Waals surface area contributed by atoms with Crippen LogP contribution in [-0.2, 0) is 7.05 Å². The predicted molar refractivity (Wildman–Crippen MR) is 88.6 cm³/mol. The van der Waals surface area contributed by atoms with E-state index in [9.17, 15) is 0 Å². The van der Waals surface area contributed by atoms with Crippen molar-refractivity contribution in [2.24, 2.45) is 7.05 Å². The molecule has 0 fully saturated rings. The topological polar surface area (TPSA) is 43.9 Å². The molecule has 0 saturated heterocycles. The average Bonchev–Trinajstić information content (AvgIpc) is 3.19. The number of benzene rings is 2. The van der Waals surface area contributed by atoms with Crippen molar-refractivity contribution in [3.8, 4) is 23.3 Å². The number of fused-ring (bicyclic) bond motifs is 1. The molecule has 4 aromatic rings. The first-order valence-corrected chi connectivity index (χ1v) is 7.24. The molecule has 0 bridgehead atoms. The zero-order valence-electron chi connectivity index (χ0n) is 12.5. The first-order valence-electron chi connectivity index (χ1n) is 7.24. The molecule has 0 aliphatic heterocycles. The molecular formula is C19H13N3O. The van der Waals surface area contributed by atoms with Gasteiger partial charge in [0.2, 0.25) is 5.89 Å². The van der Waals surface area contributed by atoms with Crippen molar-refractivity contribution in [2.75, 3.05) is 0 Å². The Morgan fingerprint density at radius 3 is 2.65 bits per heavy atom. The fraction of sp³-hybridized carbons (Fsp3) is 0.0526. The number of nitrogens with zero attached hydrogens (tertiary/aromatic N) is 3. The molecule has 0 atom stereocenters. The monoisotopic (exact) mass is 299 g/mol. The van der Waals surface area contributed by atoms with Crippen LogP contribution < -0.4 is 0 Å². The lowest BCUT2D eigenvalue weighted by Gasteiger charge is -1.99. The SMILES string of the molecule is Cn1cncc1C#Cc1ccccc1-c1nc2ccccc2o1. The largest absolute Gasteiger partial charge is 0.436 e. The number of hydrogen-bond acceptors (Lipinski definition) is 3. The lowest BCUT2D eigenvalue weighted by Crippen LogP contribution is -1.89. The maximum atomic E-state index is 5.86. The summed E-state index contributed by atoms with van der Waals surface area (Å²) in [6.45, 7) is 0. The van der Waals surface area contributed by atoms with Crippen LogP contribution in [0.5, 0.6) is 0 Å². The number of imidazole rings is 1. The second kappa shape index (κ2) is 5.47. The lowest BCUT2D eigenvalue weighted by atomic mass is 10.1. The van der Waals surface area contributed by atoms with E-state index in [0.717, 1.165) is 27.9 Å². The van der Waals surface area contributed by atoms with Gasteiger partial charge in [-0.2, -0.15) is 0 Å². The molecule has 0 amide bonds. The highest BCUT2D eigenvalue weighted by Crippen LogP contribution is 2.26. The number of aromatic nitrogens is 3. The van der Waals surface area contributed by atoms with Crippen LogP contribution in [0.15, 0.2) is 65.5 Å². The maximum Gasteiger partial charge on any atom is 0.228 e. The molecule has 0 saturated carbocycles. The lowest BCUT2D eigenvalue weighted by molar-refractivity contribution is 0.619. The van der Waals surface area contributed by atoms with Crippen molar-refractivity contribution >= 4 is 11.1 Å². The normalized spacial score (nSPS) is 10.5. The van der Waals surface area contributed by atoms with Crippen LogP contribution >= 0.6 is 0 Å². The first kappa shape index (κ1) is 13.4. The molecule has 0 aliphatic carbocycles. The smallest absolute Gasteiger partial charge is 0.228 e. The Hall–Kier alpha value is -3.32. The Balaban J connectivity index is 1.81. The number of para-hydroxylation sites is 2. The molecule has 2 aromatic carbocycles. The Morgan fingerprint density at radius 1 is 1.00 bits per heavy atom. The van der Waals surface area contributed by atoms with Crippen molar-refractivity contribution < 1.29 is 4.42 Å². The summed E-state index contributed by atoms with van der Waals surface area (Å²) in [4.78, 5) is 8.63. The van der Waals surface area contributed by atoms with Gasteiger partial charge in [-0.3, -0.25) is 0 Å². The molecule has 110 valence electrons. The highest BCUT2D eigenvalue weighted by molar-refractivity contribution is 5.77. The van der Waals surface area contributed by atoms with Crippen LogP contribution in [0.4, 0.5) is 0 Å². The van der Waals surface area contributed by atoms with Crippen LogP contribution in [0.3, 0.4) is 0 Å². The van der Waals surface area contributed by atoms with E-state index in [0.29, 0.717) is 5.89 Å². The van der Waals surface area contributed by atoms with Gasteiger partial charge in [0.1, 0.15) is 11.2 Å². The summed E-state index contributed by atoms with van der Waals surface area (Å²) in [7, 11) is 1.92. The summed E-state index contributed by atoms with van der Waals surface area (Å²) in [6.07, 6.45) is 3.48. The second-order valence-corrected chi connectivity index (χ2v) is 5.17. The van der Waals surface area contributed by atoms with E-state index in [2.05, 4.69) is 21.8 Å². The van der Waals surface area contributed by atoms with Gasteiger partial charge in [0.25, 0.3) is 0 Å². The quantitative estimate of drug-likeness (QED) is 0.504. The van der Waals surface area contributed by atoms with E-state index in [1.165, 1.54) is 0 Å². The zero-order chi connectivity index (χ0) is 15.6. The molecule has 0 radical (unpaired) electrons. The third-order valence-electron chi connectivity index (χ3n) is 3.59. The van der Waals surface area contributed by atoms with Crippen molar-refractivity contribution in [3.05, 3.63) is 72.3 Å². The number of rotatable bonds is 1. The average molecular weight is 299 g/mol. The molecular weight excluding hydrogens is 286 g/mol. The van der Waals surface area contributed by atoms with Crippen LogP contribution in [-0.4, -0.2) is 14.5 Å². The summed E-state index contributed by atoms with van der Waals surface area (Å²) < 4.78 is 7.74. The van der Waals surface area contributed by atoms with E-state index in [1.807, 2.05) is 60.1 Å². The van der Waals surface area contributed by atoms with Gasteiger partial charge in [-0.1, -0.05) is 30.2 Å². The second-order valence-electron chi connectivity index (χ2n) is 5.17. The summed E-state index contributed by atoms with van der Waals surface area (Å²) in [5, 5.41) is 0. The summed E-state index contributed by atoms with van der Waals surface area (Å²) in [5.41, 5.74) is 4.24. The van der Waals surface area contributed by atoms with Crippen LogP contribution in [0.2, 0.25) is 0 Å². The summed E-state index contributed by atoms with van der Waals surface area (Å²) in [6, 6.07) is 15.6. The molecule has 2 aromatic heterocycles. The van der Waals surface area contributed by atoms with E-state index < -0.39 is 0 Å². The Bertz CT molecular complexity index is 1010. The van der Waals surface area contributed by atoms with Gasteiger partial charge in [0.05, 0.1) is 18.1 Å². The maximum absolute atomic E-state index is 5.86. The molecule has 2 heterocycles. The summed E-state index contributed by atoms with van der Waals surface area (Å²) >= 11 is 0. The van der Waals surface area contributed by atoms with Crippen LogP contribution in [0, 0.1) is 11.8 Å². The van der Waals surface area contributed by atoms with Gasteiger partial charge in [0.15, 0.2) is 5.58 Å². The van der Waals surface area contributed by atoms with Crippen molar-refractivity contribution in [3.63, 3.8) is 0 Å². The van der Waals surface area contributed by atoms with Crippen LogP contribution in [0.25, 0.3) is 22.6 Å². The van der Waals surface area contributed by atoms with Gasteiger partial charge in [-0.25, -0.2) is 9.97 Å². The van der Waals surface area contributed by atoms with E-state index >= 15 is 0 Å². The fourth-order valence-corrected chi connectivity index (χ4v) is 2.38. The van der Waals surface area contributed by atoms with E-state index in [4.69, 9.17) is 4.42 Å². The number of hydrogen-bond donors (Lipinski definition) is 0. The Morgan fingerprint density at radius 2 is 1.83 bits per heavy atom. The minimum Gasteiger partial charge on any atom is -0.436 e.